The van der Waals surface area contributed by atoms with Crippen molar-refractivity contribution < 1.29 is 14.0 Å². The lowest BCUT2D eigenvalue weighted by atomic mass is 10.1. The minimum atomic E-state index is -0.333. The van der Waals surface area contributed by atoms with E-state index in [1.165, 1.54) is 6.07 Å². The first-order valence-electron chi connectivity index (χ1n) is 10.2. The molecular weight excluding hydrogens is 383 g/mol. The zero-order chi connectivity index (χ0) is 21.7. The molecule has 2 aromatic carbocycles. The molecule has 2 N–H and O–H groups in total. The average Bonchev–Trinajstić information content (AvgIpc) is 2.70. The van der Waals surface area contributed by atoms with Crippen LogP contribution in [-0.2, 0) is 9.59 Å². The number of piperazine rings is 1. The highest BCUT2D eigenvalue weighted by molar-refractivity contribution is 5.93. The van der Waals surface area contributed by atoms with Crippen molar-refractivity contribution in [2.75, 3.05) is 49.9 Å². The fraction of sp³-hybridized carbons (Fsp3) is 0.391. The van der Waals surface area contributed by atoms with E-state index in [0.29, 0.717) is 44.0 Å². The first-order chi connectivity index (χ1) is 14.3. The van der Waals surface area contributed by atoms with Crippen molar-refractivity contribution in [1.29, 1.82) is 0 Å². The van der Waals surface area contributed by atoms with E-state index in [0.717, 1.165) is 16.8 Å². The van der Waals surface area contributed by atoms with Crippen LogP contribution in [-0.4, -0.2) is 60.9 Å². The summed E-state index contributed by atoms with van der Waals surface area (Å²) in [7, 11) is 0. The molecule has 1 saturated heterocycles. The van der Waals surface area contributed by atoms with E-state index >= 15 is 0 Å². The second-order valence-electron chi connectivity index (χ2n) is 7.86. The zero-order valence-corrected chi connectivity index (χ0v) is 17.8. The van der Waals surface area contributed by atoms with Crippen LogP contribution in [0.15, 0.2) is 36.4 Å². The Hall–Kier alpha value is -2.77. The van der Waals surface area contributed by atoms with Gasteiger partial charge in [-0.05, 0) is 55.7 Å². The molecule has 3 rings (SSSR count). The number of benzene rings is 2. The van der Waals surface area contributed by atoms with Crippen molar-refractivity contribution in [3.05, 3.63) is 58.9 Å². The number of nitrogens with one attached hydrogen (secondary N) is 2. The predicted octanol–water partition coefficient (Wildman–Crippen LogP) is 2.95. The van der Waals surface area contributed by atoms with Crippen LogP contribution in [0.5, 0.6) is 0 Å². The number of hydrogen-bond donors (Lipinski definition) is 2. The molecule has 0 spiro atoms. The minimum Gasteiger partial charge on any atom is -0.325 e. The van der Waals surface area contributed by atoms with Gasteiger partial charge in [-0.3, -0.25) is 19.4 Å². The summed E-state index contributed by atoms with van der Waals surface area (Å²) >= 11 is 0. The summed E-state index contributed by atoms with van der Waals surface area (Å²) in [6.07, 6.45) is 0. The van der Waals surface area contributed by atoms with Gasteiger partial charge in [0.15, 0.2) is 0 Å². The molecule has 0 atom stereocenters. The summed E-state index contributed by atoms with van der Waals surface area (Å²) in [5.41, 5.74) is 4.08. The van der Waals surface area contributed by atoms with Gasteiger partial charge in [0.05, 0.1) is 13.1 Å². The number of rotatable bonds is 6. The van der Waals surface area contributed by atoms with Gasteiger partial charge in [0.2, 0.25) is 11.8 Å². The molecule has 160 valence electrons. The summed E-state index contributed by atoms with van der Waals surface area (Å²) in [4.78, 5) is 28.8. The number of nitrogens with zero attached hydrogens (tertiary/aromatic N) is 2. The van der Waals surface area contributed by atoms with Crippen LogP contribution in [0.1, 0.15) is 16.7 Å². The van der Waals surface area contributed by atoms with Crippen LogP contribution in [0.4, 0.5) is 15.8 Å². The van der Waals surface area contributed by atoms with Gasteiger partial charge >= 0.3 is 0 Å². The second kappa shape index (κ2) is 9.82. The number of carbonyl (C=O) groups excluding carboxylic acids is 2. The fourth-order valence-corrected chi connectivity index (χ4v) is 3.46. The van der Waals surface area contributed by atoms with Crippen LogP contribution in [0.25, 0.3) is 0 Å². The van der Waals surface area contributed by atoms with E-state index in [4.69, 9.17) is 0 Å². The SMILES string of the molecule is Cc1ccc(NC(=O)CN2CCN(CC(=O)Nc3cccc(C)c3C)CC2)cc1F. The van der Waals surface area contributed by atoms with E-state index < -0.39 is 0 Å². The molecule has 2 aromatic rings. The number of anilines is 2. The van der Waals surface area contributed by atoms with Crippen molar-refractivity contribution in [3.8, 4) is 0 Å². The summed E-state index contributed by atoms with van der Waals surface area (Å²) in [5, 5.41) is 5.73. The molecule has 0 saturated carbocycles. The molecule has 30 heavy (non-hydrogen) atoms. The molecular formula is C23H29FN4O2. The van der Waals surface area contributed by atoms with Crippen molar-refractivity contribution in [1.82, 2.24) is 9.80 Å². The van der Waals surface area contributed by atoms with Crippen LogP contribution in [0, 0.1) is 26.6 Å². The molecule has 0 bridgehead atoms. The molecule has 6 nitrogen and oxygen atoms in total. The Morgan fingerprint density at radius 2 is 1.47 bits per heavy atom. The normalized spacial score (nSPS) is 15.1. The first kappa shape index (κ1) is 21.9. The lowest BCUT2D eigenvalue weighted by molar-refractivity contribution is -0.120. The van der Waals surface area contributed by atoms with Gasteiger partial charge in [0, 0.05) is 37.6 Å². The summed E-state index contributed by atoms with van der Waals surface area (Å²) in [6, 6.07) is 10.6. The third kappa shape index (κ3) is 5.87. The Morgan fingerprint density at radius 3 is 2.07 bits per heavy atom. The number of hydrogen-bond acceptors (Lipinski definition) is 4. The largest absolute Gasteiger partial charge is 0.325 e. The molecule has 0 radical (unpaired) electrons. The maximum absolute atomic E-state index is 13.6. The zero-order valence-electron chi connectivity index (χ0n) is 17.8. The molecule has 1 heterocycles. The second-order valence-corrected chi connectivity index (χ2v) is 7.86. The van der Waals surface area contributed by atoms with Gasteiger partial charge < -0.3 is 10.6 Å². The van der Waals surface area contributed by atoms with Crippen molar-refractivity contribution >= 4 is 23.2 Å². The summed E-state index contributed by atoms with van der Waals surface area (Å²) in [5.74, 6) is -0.531. The maximum Gasteiger partial charge on any atom is 0.238 e. The Morgan fingerprint density at radius 1 is 0.867 bits per heavy atom. The summed E-state index contributed by atoms with van der Waals surface area (Å²) in [6.45, 7) is 9.12. The third-order valence-corrected chi connectivity index (χ3v) is 5.53. The van der Waals surface area contributed by atoms with Crippen LogP contribution in [0.3, 0.4) is 0 Å². The number of halogens is 1. The number of aryl methyl sites for hydroxylation is 2. The fourth-order valence-electron chi connectivity index (χ4n) is 3.46. The molecule has 0 aliphatic carbocycles. The average molecular weight is 413 g/mol. The van der Waals surface area contributed by atoms with E-state index in [9.17, 15) is 14.0 Å². The quantitative estimate of drug-likeness (QED) is 0.766. The third-order valence-electron chi connectivity index (χ3n) is 5.53. The van der Waals surface area contributed by atoms with Gasteiger partial charge in [0.25, 0.3) is 0 Å². The van der Waals surface area contributed by atoms with Crippen LogP contribution < -0.4 is 10.6 Å². The molecule has 1 fully saturated rings. The van der Waals surface area contributed by atoms with E-state index in [1.54, 1.807) is 19.1 Å². The molecule has 7 heteroatoms. The van der Waals surface area contributed by atoms with Crippen LogP contribution >= 0.6 is 0 Å². The Labute approximate surface area is 177 Å². The van der Waals surface area contributed by atoms with Gasteiger partial charge in [-0.1, -0.05) is 18.2 Å². The van der Waals surface area contributed by atoms with E-state index in [1.807, 2.05) is 36.9 Å². The maximum atomic E-state index is 13.6. The Balaban J connectivity index is 1.42. The van der Waals surface area contributed by atoms with Gasteiger partial charge in [-0.2, -0.15) is 0 Å². The summed E-state index contributed by atoms with van der Waals surface area (Å²) < 4.78 is 13.6. The van der Waals surface area contributed by atoms with Gasteiger partial charge in [-0.15, -0.1) is 0 Å². The highest BCUT2D eigenvalue weighted by Gasteiger charge is 2.21. The predicted molar refractivity (Wildman–Crippen MR) is 117 cm³/mol. The smallest absolute Gasteiger partial charge is 0.238 e. The lowest BCUT2D eigenvalue weighted by Crippen LogP contribution is -2.50. The monoisotopic (exact) mass is 412 g/mol. The highest BCUT2D eigenvalue weighted by atomic mass is 19.1. The molecule has 0 unspecified atom stereocenters. The standard InChI is InChI=1S/C23H29FN4O2/c1-16-5-4-6-21(18(16)3)26-23(30)15-28-11-9-27(10-12-28)14-22(29)25-19-8-7-17(2)20(24)13-19/h4-8,13H,9-12,14-15H2,1-3H3,(H,25,29)(H,26,30). The minimum absolute atomic E-state index is 0.0312. The highest BCUT2D eigenvalue weighted by Crippen LogP contribution is 2.18. The van der Waals surface area contributed by atoms with Crippen LogP contribution in [0.2, 0.25) is 0 Å². The molecule has 2 amide bonds. The van der Waals surface area contributed by atoms with Crippen molar-refractivity contribution in [3.63, 3.8) is 0 Å². The van der Waals surface area contributed by atoms with Gasteiger partial charge in [-0.25, -0.2) is 4.39 Å². The first-order valence-corrected chi connectivity index (χ1v) is 10.2. The number of carbonyl (C=O) groups is 2. The number of amides is 2. The van der Waals surface area contributed by atoms with E-state index in [2.05, 4.69) is 15.5 Å². The van der Waals surface area contributed by atoms with Gasteiger partial charge in [0.1, 0.15) is 5.82 Å². The Bertz CT molecular complexity index is 923. The van der Waals surface area contributed by atoms with E-state index in [-0.39, 0.29) is 24.2 Å². The lowest BCUT2D eigenvalue weighted by Gasteiger charge is -2.33. The topological polar surface area (TPSA) is 64.7 Å². The molecule has 0 aromatic heterocycles. The Kier molecular flexibility index (Phi) is 7.18. The van der Waals surface area contributed by atoms with Crippen molar-refractivity contribution in [2.45, 2.75) is 20.8 Å². The molecule has 1 aliphatic rings. The molecule has 1 aliphatic heterocycles. The van der Waals surface area contributed by atoms with Crippen molar-refractivity contribution in [2.24, 2.45) is 0 Å².